The highest BCUT2D eigenvalue weighted by molar-refractivity contribution is 5.28. The van der Waals surface area contributed by atoms with Gasteiger partial charge in [-0.2, -0.15) is 5.10 Å². The van der Waals surface area contributed by atoms with Crippen molar-refractivity contribution in [2.45, 2.75) is 19.4 Å². The molecule has 0 saturated carbocycles. The number of aromatic nitrogens is 2. The van der Waals surface area contributed by atoms with E-state index < -0.39 is 0 Å². The van der Waals surface area contributed by atoms with E-state index in [1.54, 1.807) is 0 Å². The van der Waals surface area contributed by atoms with Crippen LogP contribution in [0.5, 0.6) is 5.75 Å². The fraction of sp³-hybridized carbons (Fsp3) is 0.400. The first kappa shape index (κ1) is 13.6. The summed E-state index contributed by atoms with van der Waals surface area (Å²) in [6, 6.07) is 10.6. The smallest absolute Gasteiger partial charge is 0.119 e. The molecule has 102 valence electrons. The van der Waals surface area contributed by atoms with Crippen molar-refractivity contribution < 1.29 is 4.74 Å². The molecular weight excluding hydrogens is 238 g/mol. The zero-order chi connectivity index (χ0) is 13.7. The van der Waals surface area contributed by atoms with E-state index in [-0.39, 0.29) is 0 Å². The fourth-order valence-corrected chi connectivity index (χ4v) is 1.94. The molecular formula is C15H21N3O. The Balaban J connectivity index is 1.85. The van der Waals surface area contributed by atoms with Gasteiger partial charge in [-0.25, -0.2) is 0 Å². The molecule has 1 unspecified atom stereocenters. The van der Waals surface area contributed by atoms with Crippen LogP contribution in [0.25, 0.3) is 0 Å². The van der Waals surface area contributed by atoms with Crippen LogP contribution in [0, 0.1) is 0 Å². The number of nitrogens with one attached hydrogen (secondary N) is 1. The predicted octanol–water partition coefficient (Wildman–Crippen LogP) is 2.32. The Morgan fingerprint density at radius 1 is 1.26 bits per heavy atom. The van der Waals surface area contributed by atoms with Gasteiger partial charge in [0.25, 0.3) is 0 Å². The van der Waals surface area contributed by atoms with Crippen LogP contribution in [0.3, 0.4) is 0 Å². The maximum Gasteiger partial charge on any atom is 0.119 e. The predicted molar refractivity (Wildman–Crippen MR) is 76.3 cm³/mol. The summed E-state index contributed by atoms with van der Waals surface area (Å²) in [5, 5.41) is 7.35. The highest BCUT2D eigenvalue weighted by Crippen LogP contribution is 2.17. The largest absolute Gasteiger partial charge is 0.493 e. The van der Waals surface area contributed by atoms with Gasteiger partial charge >= 0.3 is 0 Å². The quantitative estimate of drug-likeness (QED) is 0.865. The van der Waals surface area contributed by atoms with E-state index in [2.05, 4.69) is 29.5 Å². The normalized spacial score (nSPS) is 12.4. The van der Waals surface area contributed by atoms with Gasteiger partial charge < -0.3 is 10.1 Å². The molecule has 2 rings (SSSR count). The molecule has 19 heavy (non-hydrogen) atoms. The Morgan fingerprint density at radius 3 is 2.58 bits per heavy atom. The first-order valence-electron chi connectivity index (χ1n) is 6.57. The summed E-state index contributed by atoms with van der Waals surface area (Å²) in [5.74, 6) is 0.911. The number of hydrogen-bond donors (Lipinski definition) is 1. The van der Waals surface area contributed by atoms with Crippen molar-refractivity contribution in [1.82, 2.24) is 15.1 Å². The summed E-state index contributed by atoms with van der Waals surface area (Å²) >= 11 is 0. The van der Waals surface area contributed by atoms with Crippen molar-refractivity contribution in [1.29, 1.82) is 0 Å². The summed E-state index contributed by atoms with van der Waals surface area (Å²) in [7, 11) is 3.91. The number of rotatable bonds is 6. The Hall–Kier alpha value is -1.81. The summed E-state index contributed by atoms with van der Waals surface area (Å²) in [4.78, 5) is 0. The minimum atomic E-state index is 0.364. The lowest BCUT2D eigenvalue weighted by Gasteiger charge is -2.11. The van der Waals surface area contributed by atoms with Crippen LogP contribution in [0.4, 0.5) is 0 Å². The van der Waals surface area contributed by atoms with Crippen molar-refractivity contribution >= 4 is 0 Å². The van der Waals surface area contributed by atoms with Gasteiger partial charge in [0.2, 0.25) is 0 Å². The Morgan fingerprint density at radius 2 is 2.00 bits per heavy atom. The van der Waals surface area contributed by atoms with Gasteiger partial charge in [0.1, 0.15) is 5.75 Å². The lowest BCUT2D eigenvalue weighted by atomic mass is 10.1. The van der Waals surface area contributed by atoms with Crippen LogP contribution < -0.4 is 10.1 Å². The number of nitrogens with zero attached hydrogens (tertiary/aromatic N) is 2. The molecule has 0 fully saturated rings. The number of aryl methyl sites for hydroxylation is 1. The lowest BCUT2D eigenvalue weighted by Crippen LogP contribution is -2.12. The van der Waals surface area contributed by atoms with E-state index in [1.807, 2.05) is 43.2 Å². The second kappa shape index (κ2) is 6.38. The van der Waals surface area contributed by atoms with Gasteiger partial charge in [-0.1, -0.05) is 12.1 Å². The Bertz CT molecular complexity index is 504. The molecule has 1 aromatic carbocycles. The zero-order valence-corrected chi connectivity index (χ0v) is 11.8. The molecule has 0 saturated heterocycles. The van der Waals surface area contributed by atoms with Crippen LogP contribution in [-0.2, 0) is 13.5 Å². The first-order valence-corrected chi connectivity index (χ1v) is 6.57. The topological polar surface area (TPSA) is 39.1 Å². The van der Waals surface area contributed by atoms with Crippen molar-refractivity contribution in [2.75, 3.05) is 13.7 Å². The summed E-state index contributed by atoms with van der Waals surface area (Å²) in [5.41, 5.74) is 2.45. The molecule has 0 bridgehead atoms. The second-order valence-corrected chi connectivity index (χ2v) is 4.62. The Labute approximate surface area is 114 Å². The van der Waals surface area contributed by atoms with E-state index in [0.29, 0.717) is 12.6 Å². The van der Waals surface area contributed by atoms with Gasteiger partial charge in [0, 0.05) is 31.4 Å². The average molecular weight is 259 g/mol. The molecule has 4 heteroatoms. The Kier molecular flexibility index (Phi) is 4.58. The molecule has 1 heterocycles. The van der Waals surface area contributed by atoms with Crippen LogP contribution >= 0.6 is 0 Å². The van der Waals surface area contributed by atoms with E-state index >= 15 is 0 Å². The van der Waals surface area contributed by atoms with Crippen molar-refractivity contribution in [3.63, 3.8) is 0 Å². The van der Waals surface area contributed by atoms with Gasteiger partial charge in [0.15, 0.2) is 0 Å². The van der Waals surface area contributed by atoms with Crippen LogP contribution in [0.2, 0.25) is 0 Å². The van der Waals surface area contributed by atoms with Gasteiger partial charge in [0.05, 0.1) is 6.61 Å². The van der Waals surface area contributed by atoms with E-state index in [9.17, 15) is 0 Å². The SMILES string of the molecule is CNC(C)c1ccc(OCCc2ccnn2C)cc1. The van der Waals surface area contributed by atoms with E-state index in [0.717, 1.165) is 12.2 Å². The highest BCUT2D eigenvalue weighted by atomic mass is 16.5. The minimum absolute atomic E-state index is 0.364. The fourth-order valence-electron chi connectivity index (χ4n) is 1.94. The van der Waals surface area contributed by atoms with E-state index in [1.165, 1.54) is 11.3 Å². The maximum absolute atomic E-state index is 5.74. The van der Waals surface area contributed by atoms with E-state index in [4.69, 9.17) is 4.74 Å². The molecule has 1 aromatic heterocycles. The molecule has 0 amide bonds. The standard InChI is InChI=1S/C15H21N3O/c1-12(16-2)13-4-6-15(7-5-13)19-11-9-14-8-10-17-18(14)3/h4-8,10,12,16H,9,11H2,1-3H3. The summed E-state index contributed by atoms with van der Waals surface area (Å²) < 4.78 is 7.62. The summed E-state index contributed by atoms with van der Waals surface area (Å²) in [6.45, 7) is 2.80. The molecule has 2 aromatic rings. The molecule has 0 aliphatic heterocycles. The zero-order valence-electron chi connectivity index (χ0n) is 11.8. The number of benzene rings is 1. The number of hydrogen-bond acceptors (Lipinski definition) is 3. The third kappa shape index (κ3) is 3.58. The molecule has 0 spiro atoms. The van der Waals surface area contributed by atoms with Gasteiger partial charge in [-0.15, -0.1) is 0 Å². The van der Waals surface area contributed by atoms with Gasteiger partial charge in [-0.3, -0.25) is 4.68 Å². The molecule has 0 aliphatic rings. The molecule has 0 aliphatic carbocycles. The molecule has 1 N–H and O–H groups in total. The summed E-state index contributed by atoms with van der Waals surface area (Å²) in [6.07, 6.45) is 2.68. The number of ether oxygens (including phenoxy) is 1. The van der Waals surface area contributed by atoms with Crippen molar-refractivity contribution in [3.05, 3.63) is 47.8 Å². The monoisotopic (exact) mass is 259 g/mol. The average Bonchev–Trinajstić information content (AvgIpc) is 2.84. The maximum atomic E-state index is 5.74. The highest BCUT2D eigenvalue weighted by Gasteiger charge is 2.03. The lowest BCUT2D eigenvalue weighted by molar-refractivity contribution is 0.318. The molecule has 1 atom stereocenters. The van der Waals surface area contributed by atoms with Crippen molar-refractivity contribution in [3.8, 4) is 5.75 Å². The molecule has 0 radical (unpaired) electrons. The molecule has 4 nitrogen and oxygen atoms in total. The first-order chi connectivity index (χ1) is 9.20. The third-order valence-electron chi connectivity index (χ3n) is 3.36. The van der Waals surface area contributed by atoms with Gasteiger partial charge in [-0.05, 0) is 37.7 Å². The minimum Gasteiger partial charge on any atom is -0.493 e. The van der Waals surface area contributed by atoms with Crippen LogP contribution in [0.15, 0.2) is 36.5 Å². The van der Waals surface area contributed by atoms with Crippen molar-refractivity contribution in [2.24, 2.45) is 7.05 Å². The third-order valence-corrected chi connectivity index (χ3v) is 3.36. The van der Waals surface area contributed by atoms with Crippen LogP contribution in [-0.4, -0.2) is 23.4 Å². The van der Waals surface area contributed by atoms with Crippen LogP contribution in [0.1, 0.15) is 24.2 Å². The second-order valence-electron chi connectivity index (χ2n) is 4.62.